The van der Waals surface area contributed by atoms with Crippen molar-refractivity contribution in [2.75, 3.05) is 20.7 Å². The Morgan fingerprint density at radius 1 is 1.59 bits per heavy atom. The quantitative estimate of drug-likeness (QED) is 0.740. The molecule has 0 radical (unpaired) electrons. The van der Waals surface area contributed by atoms with Crippen molar-refractivity contribution in [2.45, 2.75) is 51.1 Å². The molecule has 1 fully saturated rings. The van der Waals surface area contributed by atoms with Gasteiger partial charge in [0.2, 0.25) is 0 Å². The zero-order chi connectivity index (χ0) is 13.1. The van der Waals surface area contributed by atoms with Crippen molar-refractivity contribution in [2.24, 2.45) is 11.7 Å². The predicted molar refractivity (Wildman–Crippen MR) is 68.7 cm³/mol. The second-order valence-corrected chi connectivity index (χ2v) is 5.48. The van der Waals surface area contributed by atoms with Gasteiger partial charge in [-0.2, -0.15) is 0 Å². The number of rotatable bonds is 5. The second kappa shape index (κ2) is 5.83. The van der Waals surface area contributed by atoms with Crippen LogP contribution in [-0.2, 0) is 9.53 Å². The van der Waals surface area contributed by atoms with Crippen LogP contribution < -0.4 is 5.73 Å². The van der Waals surface area contributed by atoms with Crippen molar-refractivity contribution in [1.29, 1.82) is 0 Å². The minimum Gasteiger partial charge on any atom is -0.468 e. The summed E-state index contributed by atoms with van der Waals surface area (Å²) < 4.78 is 4.84. The van der Waals surface area contributed by atoms with Crippen molar-refractivity contribution < 1.29 is 9.53 Å². The van der Waals surface area contributed by atoms with Crippen LogP contribution in [0.5, 0.6) is 0 Å². The minimum absolute atomic E-state index is 0.243. The van der Waals surface area contributed by atoms with Crippen molar-refractivity contribution in [1.82, 2.24) is 4.90 Å². The van der Waals surface area contributed by atoms with Crippen molar-refractivity contribution in [3.63, 3.8) is 0 Å². The van der Waals surface area contributed by atoms with Gasteiger partial charge in [0.15, 0.2) is 0 Å². The third-order valence-corrected chi connectivity index (χ3v) is 4.15. The van der Waals surface area contributed by atoms with E-state index in [-0.39, 0.29) is 11.9 Å². The fraction of sp³-hybridized carbons (Fsp3) is 0.923. The lowest BCUT2D eigenvalue weighted by Crippen LogP contribution is -2.52. The van der Waals surface area contributed by atoms with E-state index < -0.39 is 5.54 Å². The molecule has 1 aliphatic carbocycles. The van der Waals surface area contributed by atoms with E-state index in [4.69, 9.17) is 10.5 Å². The molecule has 0 aromatic rings. The lowest BCUT2D eigenvalue weighted by molar-refractivity contribution is -0.148. The Labute approximate surface area is 104 Å². The number of hydrogen-bond donors (Lipinski definition) is 1. The lowest BCUT2D eigenvalue weighted by atomic mass is 9.85. The zero-order valence-corrected chi connectivity index (χ0v) is 11.5. The van der Waals surface area contributed by atoms with E-state index in [1.165, 1.54) is 7.11 Å². The van der Waals surface area contributed by atoms with E-state index in [2.05, 4.69) is 25.8 Å². The summed E-state index contributed by atoms with van der Waals surface area (Å²) in [5.74, 6) is 0.0170. The molecule has 0 saturated heterocycles. The summed E-state index contributed by atoms with van der Waals surface area (Å²) in [4.78, 5) is 14.1. The molecule has 2 unspecified atom stereocenters. The van der Waals surface area contributed by atoms with Gasteiger partial charge in [0.25, 0.3) is 0 Å². The molecule has 4 nitrogen and oxygen atoms in total. The summed E-state index contributed by atoms with van der Waals surface area (Å²) in [5, 5.41) is 0. The smallest absolute Gasteiger partial charge is 0.326 e. The Bertz CT molecular complexity index is 268. The maximum Gasteiger partial charge on any atom is 0.326 e. The zero-order valence-electron chi connectivity index (χ0n) is 11.5. The molecule has 1 rings (SSSR count). The molecule has 0 bridgehead atoms. The highest BCUT2D eigenvalue weighted by Crippen LogP contribution is 2.37. The molecule has 0 amide bonds. The summed E-state index contributed by atoms with van der Waals surface area (Å²) in [6, 6.07) is 0.529. The van der Waals surface area contributed by atoms with Gasteiger partial charge in [-0.25, -0.2) is 0 Å². The number of hydrogen-bond acceptors (Lipinski definition) is 4. The summed E-state index contributed by atoms with van der Waals surface area (Å²) in [7, 11) is 3.53. The SMILES string of the molecule is COC(=O)C1(N)CCCC1CCN(C)C(C)C. The first-order chi connectivity index (χ1) is 7.91. The van der Waals surface area contributed by atoms with Crippen LogP contribution in [0, 0.1) is 5.92 Å². The van der Waals surface area contributed by atoms with Crippen LogP contribution in [0.15, 0.2) is 0 Å². The molecule has 100 valence electrons. The maximum atomic E-state index is 11.8. The number of esters is 1. The molecule has 2 N–H and O–H groups in total. The summed E-state index contributed by atoms with van der Waals surface area (Å²) in [6.07, 6.45) is 3.80. The minimum atomic E-state index is -0.743. The highest BCUT2D eigenvalue weighted by Gasteiger charge is 2.46. The number of carbonyl (C=O) groups is 1. The van der Waals surface area contributed by atoms with Gasteiger partial charge in [0, 0.05) is 6.04 Å². The number of methoxy groups -OCH3 is 1. The fourth-order valence-electron chi connectivity index (χ4n) is 2.58. The Kier molecular flexibility index (Phi) is 4.95. The van der Waals surface area contributed by atoms with Crippen LogP contribution in [0.1, 0.15) is 39.5 Å². The van der Waals surface area contributed by atoms with Crippen LogP contribution in [0.25, 0.3) is 0 Å². The Morgan fingerprint density at radius 3 is 2.76 bits per heavy atom. The van der Waals surface area contributed by atoms with Crippen LogP contribution >= 0.6 is 0 Å². The van der Waals surface area contributed by atoms with Gasteiger partial charge >= 0.3 is 5.97 Å². The molecule has 0 aliphatic heterocycles. The van der Waals surface area contributed by atoms with E-state index in [1.807, 2.05) is 0 Å². The first-order valence-electron chi connectivity index (χ1n) is 6.49. The summed E-state index contributed by atoms with van der Waals surface area (Å²) in [6.45, 7) is 5.33. The van der Waals surface area contributed by atoms with E-state index in [0.717, 1.165) is 32.2 Å². The number of nitrogens with zero attached hydrogens (tertiary/aromatic N) is 1. The van der Waals surface area contributed by atoms with E-state index in [1.54, 1.807) is 0 Å². The number of nitrogens with two attached hydrogens (primary N) is 1. The number of ether oxygens (including phenoxy) is 1. The molecular weight excluding hydrogens is 216 g/mol. The topological polar surface area (TPSA) is 55.6 Å². The maximum absolute atomic E-state index is 11.8. The molecule has 4 heteroatoms. The van der Waals surface area contributed by atoms with E-state index in [0.29, 0.717) is 6.04 Å². The van der Waals surface area contributed by atoms with Crippen molar-refractivity contribution in [3.8, 4) is 0 Å². The summed E-state index contributed by atoms with van der Waals surface area (Å²) >= 11 is 0. The molecule has 1 saturated carbocycles. The first kappa shape index (κ1) is 14.5. The highest BCUT2D eigenvalue weighted by atomic mass is 16.5. The van der Waals surface area contributed by atoms with Gasteiger partial charge in [-0.05, 0) is 52.6 Å². The van der Waals surface area contributed by atoms with Gasteiger partial charge in [0.1, 0.15) is 5.54 Å². The van der Waals surface area contributed by atoms with Crippen molar-refractivity contribution >= 4 is 5.97 Å². The van der Waals surface area contributed by atoms with Gasteiger partial charge in [-0.15, -0.1) is 0 Å². The lowest BCUT2D eigenvalue weighted by Gasteiger charge is -2.30. The molecule has 1 aliphatic rings. The molecule has 0 spiro atoms. The van der Waals surface area contributed by atoms with Crippen LogP contribution in [-0.4, -0.2) is 43.2 Å². The largest absolute Gasteiger partial charge is 0.468 e. The second-order valence-electron chi connectivity index (χ2n) is 5.48. The first-order valence-corrected chi connectivity index (χ1v) is 6.49. The van der Waals surface area contributed by atoms with Crippen LogP contribution in [0.2, 0.25) is 0 Å². The molecular formula is C13H26N2O2. The normalized spacial score (nSPS) is 29.0. The van der Waals surface area contributed by atoms with Crippen LogP contribution in [0.4, 0.5) is 0 Å². The molecule has 2 atom stereocenters. The van der Waals surface area contributed by atoms with Gasteiger partial charge < -0.3 is 15.4 Å². The predicted octanol–water partition coefficient (Wildman–Crippen LogP) is 1.39. The fourth-order valence-corrected chi connectivity index (χ4v) is 2.58. The van der Waals surface area contributed by atoms with Crippen molar-refractivity contribution in [3.05, 3.63) is 0 Å². The van der Waals surface area contributed by atoms with Gasteiger partial charge in [-0.3, -0.25) is 4.79 Å². The number of carbonyl (C=O) groups excluding carboxylic acids is 1. The third-order valence-electron chi connectivity index (χ3n) is 4.15. The van der Waals surface area contributed by atoms with Gasteiger partial charge in [0.05, 0.1) is 7.11 Å². The molecule has 0 aromatic carbocycles. The average Bonchev–Trinajstić information content (AvgIpc) is 2.67. The standard InChI is InChI=1S/C13H26N2O2/c1-10(2)15(3)9-7-11-6-5-8-13(11,14)12(16)17-4/h10-11H,5-9,14H2,1-4H3. The Balaban J connectivity index is 2.55. The summed E-state index contributed by atoms with van der Waals surface area (Å²) in [5.41, 5.74) is 5.48. The molecule has 17 heavy (non-hydrogen) atoms. The van der Waals surface area contributed by atoms with Crippen LogP contribution in [0.3, 0.4) is 0 Å². The Morgan fingerprint density at radius 2 is 2.24 bits per heavy atom. The average molecular weight is 242 g/mol. The van der Waals surface area contributed by atoms with E-state index >= 15 is 0 Å². The monoisotopic (exact) mass is 242 g/mol. The molecule has 0 heterocycles. The highest BCUT2D eigenvalue weighted by molar-refractivity contribution is 5.81. The van der Waals surface area contributed by atoms with E-state index in [9.17, 15) is 4.79 Å². The third kappa shape index (κ3) is 3.19. The Hall–Kier alpha value is -0.610. The van der Waals surface area contributed by atoms with Gasteiger partial charge in [-0.1, -0.05) is 6.42 Å². The molecule has 0 aromatic heterocycles.